The molecule has 0 atom stereocenters. The van der Waals surface area contributed by atoms with E-state index in [1.54, 1.807) is 24.8 Å². The molecule has 10 heteroatoms. The number of hydrogen-bond donors (Lipinski definition) is 3. The SMILES string of the molecule is CNC(=O)CC1=C(N)[N]=[In][N]1n1c(C)cnc(NCCc2ccccc2)c1=O. The first kappa shape index (κ1) is 20.1. The Bertz CT molecular complexity index is 985. The van der Waals surface area contributed by atoms with Gasteiger partial charge in [-0.15, -0.1) is 0 Å². The first-order valence-corrected chi connectivity index (χ1v) is 11.9. The van der Waals surface area contributed by atoms with Crippen LogP contribution in [0.4, 0.5) is 5.82 Å². The number of rotatable bonds is 7. The van der Waals surface area contributed by atoms with Crippen molar-refractivity contribution in [1.82, 2.24) is 15.0 Å². The molecular formula is C18H22InN7O2. The molecule has 1 aliphatic heterocycles. The Labute approximate surface area is 174 Å². The van der Waals surface area contributed by atoms with Gasteiger partial charge in [0.25, 0.3) is 0 Å². The Balaban J connectivity index is 1.82. The number of hydrogen-bond acceptors (Lipinski definition) is 7. The summed E-state index contributed by atoms with van der Waals surface area (Å²) in [5.41, 5.74) is 8.15. The number of anilines is 1. The molecule has 4 N–H and O–H groups in total. The third kappa shape index (κ3) is 4.44. The summed E-state index contributed by atoms with van der Waals surface area (Å²) in [4.78, 5) is 29.1. The van der Waals surface area contributed by atoms with Crippen LogP contribution in [0.2, 0.25) is 0 Å². The van der Waals surface area contributed by atoms with Crippen LogP contribution in [0.25, 0.3) is 0 Å². The number of aryl methyl sites for hydroxylation is 1. The van der Waals surface area contributed by atoms with Crippen LogP contribution in [0.15, 0.2) is 55.8 Å². The average molecular weight is 483 g/mol. The zero-order chi connectivity index (χ0) is 20.1. The molecule has 0 unspecified atom stereocenters. The predicted octanol–water partition coefficient (Wildman–Crippen LogP) is 0.225. The van der Waals surface area contributed by atoms with E-state index in [-0.39, 0.29) is 23.7 Å². The number of nitrogens with zero attached hydrogens (tertiary/aromatic N) is 4. The third-order valence-electron chi connectivity index (χ3n) is 4.36. The maximum absolute atomic E-state index is 13.0. The molecule has 2 heterocycles. The van der Waals surface area contributed by atoms with Gasteiger partial charge in [-0.25, -0.2) is 0 Å². The molecule has 0 radical (unpaired) electrons. The van der Waals surface area contributed by atoms with Crippen molar-refractivity contribution < 1.29 is 4.79 Å². The summed E-state index contributed by atoms with van der Waals surface area (Å²) in [7, 11) is 1.57. The number of aromatic nitrogens is 2. The summed E-state index contributed by atoms with van der Waals surface area (Å²) in [6.07, 6.45) is 2.51. The molecule has 0 saturated heterocycles. The van der Waals surface area contributed by atoms with Crippen molar-refractivity contribution in [2.45, 2.75) is 19.8 Å². The number of carbonyl (C=O) groups excluding carboxylic acids is 1. The van der Waals surface area contributed by atoms with Crippen molar-refractivity contribution >= 4 is 34.8 Å². The minimum atomic E-state index is -1.73. The summed E-state index contributed by atoms with van der Waals surface area (Å²) < 4.78 is 7.72. The van der Waals surface area contributed by atoms with Crippen LogP contribution in [0.1, 0.15) is 17.7 Å². The van der Waals surface area contributed by atoms with Crippen molar-refractivity contribution in [2.75, 3.05) is 21.9 Å². The van der Waals surface area contributed by atoms with Crippen LogP contribution in [0.3, 0.4) is 0 Å². The van der Waals surface area contributed by atoms with Gasteiger partial charge in [-0.05, 0) is 0 Å². The van der Waals surface area contributed by atoms with Crippen LogP contribution in [-0.2, 0) is 11.2 Å². The molecule has 1 aromatic carbocycles. The zero-order valence-electron chi connectivity index (χ0n) is 15.8. The van der Waals surface area contributed by atoms with E-state index in [0.717, 1.165) is 6.42 Å². The number of amides is 1. The summed E-state index contributed by atoms with van der Waals surface area (Å²) >= 11 is -1.73. The number of nitrogens with one attached hydrogen (secondary N) is 2. The molecule has 3 rings (SSSR count). The van der Waals surface area contributed by atoms with E-state index in [4.69, 9.17) is 5.73 Å². The van der Waals surface area contributed by atoms with Crippen LogP contribution in [0, 0.1) is 6.92 Å². The molecule has 2 aromatic rings. The normalized spacial score (nSPS) is 12.9. The van der Waals surface area contributed by atoms with Gasteiger partial charge in [0.2, 0.25) is 0 Å². The van der Waals surface area contributed by atoms with Gasteiger partial charge < -0.3 is 0 Å². The second-order valence-corrected chi connectivity index (χ2v) is 9.09. The molecule has 0 fully saturated rings. The van der Waals surface area contributed by atoms with E-state index in [9.17, 15) is 9.59 Å². The number of benzene rings is 1. The predicted molar refractivity (Wildman–Crippen MR) is 108 cm³/mol. The molecule has 0 bridgehead atoms. The van der Waals surface area contributed by atoms with Crippen molar-refractivity contribution in [3.63, 3.8) is 0 Å². The van der Waals surface area contributed by atoms with Crippen molar-refractivity contribution in [3.8, 4) is 0 Å². The van der Waals surface area contributed by atoms with Gasteiger partial charge in [0.15, 0.2) is 0 Å². The van der Waals surface area contributed by atoms with E-state index in [2.05, 4.69) is 18.5 Å². The quantitative estimate of drug-likeness (QED) is 0.519. The van der Waals surface area contributed by atoms with E-state index in [1.165, 1.54) is 5.56 Å². The molecule has 0 saturated carbocycles. The van der Waals surface area contributed by atoms with E-state index < -0.39 is 23.0 Å². The molecule has 0 spiro atoms. The Kier molecular flexibility index (Phi) is 6.50. The molecule has 1 aromatic heterocycles. The van der Waals surface area contributed by atoms with Gasteiger partial charge in [0.05, 0.1) is 0 Å². The van der Waals surface area contributed by atoms with Crippen molar-refractivity contribution in [2.24, 2.45) is 8.65 Å². The Hall–Kier alpha value is -2.62. The molecule has 144 valence electrons. The molecule has 1 amide bonds. The molecule has 28 heavy (non-hydrogen) atoms. The second kappa shape index (κ2) is 9.05. The van der Waals surface area contributed by atoms with Crippen molar-refractivity contribution in [3.05, 3.63) is 69.7 Å². The van der Waals surface area contributed by atoms with Gasteiger partial charge in [0.1, 0.15) is 0 Å². The Morgan fingerprint density at radius 1 is 1.29 bits per heavy atom. The van der Waals surface area contributed by atoms with Gasteiger partial charge >= 0.3 is 175 Å². The summed E-state index contributed by atoms with van der Waals surface area (Å²) in [5.74, 6) is 0.435. The summed E-state index contributed by atoms with van der Waals surface area (Å²) in [6.45, 7) is 2.39. The second-order valence-electron chi connectivity index (χ2n) is 6.30. The first-order chi connectivity index (χ1) is 13.5. The van der Waals surface area contributed by atoms with Crippen molar-refractivity contribution in [1.29, 1.82) is 0 Å². The number of carbonyl (C=O) groups is 1. The van der Waals surface area contributed by atoms with Crippen LogP contribution in [-0.4, -0.2) is 52.2 Å². The molecular weight excluding hydrogens is 461 g/mol. The van der Waals surface area contributed by atoms with Gasteiger partial charge in [-0.1, -0.05) is 0 Å². The van der Waals surface area contributed by atoms with E-state index in [1.807, 2.05) is 33.3 Å². The summed E-state index contributed by atoms with van der Waals surface area (Å²) in [5, 5.41) is 5.70. The third-order valence-corrected chi connectivity index (χ3v) is 7.66. The fraction of sp³-hybridized carbons (Fsp3) is 0.278. The van der Waals surface area contributed by atoms with E-state index in [0.29, 0.717) is 23.8 Å². The first-order valence-electron chi connectivity index (χ1n) is 8.90. The van der Waals surface area contributed by atoms with Gasteiger partial charge in [-0.3, -0.25) is 0 Å². The molecule has 1 aliphatic rings. The Morgan fingerprint density at radius 2 is 2.04 bits per heavy atom. The van der Waals surface area contributed by atoms with E-state index >= 15 is 0 Å². The van der Waals surface area contributed by atoms with Gasteiger partial charge in [-0.2, -0.15) is 0 Å². The number of nitrogens with two attached hydrogens (primary N) is 1. The van der Waals surface area contributed by atoms with Crippen LogP contribution in [0.5, 0.6) is 0 Å². The molecule has 9 nitrogen and oxygen atoms in total. The fourth-order valence-electron chi connectivity index (χ4n) is 2.85. The topological polar surface area (TPSA) is 118 Å². The monoisotopic (exact) mass is 483 g/mol. The van der Waals surface area contributed by atoms with Crippen LogP contribution < -0.4 is 24.9 Å². The minimum absolute atomic E-state index is 0.0860. The average Bonchev–Trinajstić information content (AvgIpc) is 3.04. The molecule has 0 aliphatic carbocycles. The van der Waals surface area contributed by atoms with Gasteiger partial charge in [0, 0.05) is 0 Å². The summed E-state index contributed by atoms with van der Waals surface area (Å²) in [6, 6.07) is 10.0. The van der Waals surface area contributed by atoms with Crippen LogP contribution >= 0.6 is 0 Å². The maximum atomic E-state index is 13.0. The Morgan fingerprint density at radius 3 is 2.75 bits per heavy atom. The fourth-order valence-corrected chi connectivity index (χ4v) is 6.09. The zero-order valence-corrected chi connectivity index (χ0v) is 19.1. The standard InChI is InChI=1S/C18H23N7O2.In/c1-12-11-23-17(22-9-8-13-6-4-3-5-7-13)18(27)25(12)24-14(16(19)20)10-15(26)21-2;/h3-7,11H,8-10H2,1-2H3,(H5,19,21,22,23,24,26,27);/q;+1/p-1.